The van der Waals surface area contributed by atoms with Crippen molar-refractivity contribution in [3.05, 3.63) is 90.0 Å². The lowest BCUT2D eigenvalue weighted by atomic mass is 10.1. The van der Waals surface area contributed by atoms with Crippen LogP contribution in [0.5, 0.6) is 5.75 Å². The number of hydrogen-bond donors (Lipinski definition) is 1. The van der Waals surface area contributed by atoms with E-state index in [4.69, 9.17) is 4.74 Å². The van der Waals surface area contributed by atoms with Crippen LogP contribution in [0.2, 0.25) is 0 Å². The highest BCUT2D eigenvalue weighted by atomic mass is 32.2. The number of ether oxygens (including phenoxy) is 1. The zero-order valence-corrected chi connectivity index (χ0v) is 25.4. The summed E-state index contributed by atoms with van der Waals surface area (Å²) in [5.74, 6) is -0.186. The number of carbonyl (C=O) groups excluding carboxylic acids is 2. The highest BCUT2D eigenvalue weighted by Gasteiger charge is 2.34. The Morgan fingerprint density at radius 3 is 2.07 bits per heavy atom. The standard InChI is InChI=1S/C32H41N3O5S/c1-6-25(5)33-32(37)30(7-2)34(22-26-12-10-9-11-13-26)31(36)23-35(27-16-14-24(4)15-17-27)41(38,39)29-20-18-28(19-21-29)40-8-3/h9-21,25,30H,6-8,22-23H2,1-5H3,(H,33,37)/t25-,30+/m0/s1. The summed E-state index contributed by atoms with van der Waals surface area (Å²) >= 11 is 0. The normalized spacial score (nSPS) is 12.7. The number of carbonyl (C=O) groups is 2. The molecule has 0 heterocycles. The molecule has 0 saturated heterocycles. The van der Waals surface area contributed by atoms with Crippen LogP contribution >= 0.6 is 0 Å². The second kappa shape index (κ2) is 14.7. The van der Waals surface area contributed by atoms with Crippen molar-refractivity contribution < 1.29 is 22.7 Å². The number of nitrogens with zero attached hydrogens (tertiary/aromatic N) is 2. The Labute approximate surface area is 244 Å². The van der Waals surface area contributed by atoms with Crippen LogP contribution < -0.4 is 14.4 Å². The average Bonchev–Trinajstić information content (AvgIpc) is 2.97. The van der Waals surface area contributed by atoms with Crippen LogP contribution in [0.1, 0.15) is 51.7 Å². The van der Waals surface area contributed by atoms with E-state index in [0.29, 0.717) is 24.5 Å². The van der Waals surface area contributed by atoms with Gasteiger partial charge in [0.25, 0.3) is 10.0 Å². The average molecular weight is 580 g/mol. The molecule has 220 valence electrons. The first-order valence-electron chi connectivity index (χ1n) is 14.1. The zero-order chi connectivity index (χ0) is 30.0. The molecule has 1 N–H and O–H groups in total. The Hall–Kier alpha value is -3.85. The van der Waals surface area contributed by atoms with E-state index in [0.717, 1.165) is 21.9 Å². The van der Waals surface area contributed by atoms with Crippen molar-refractivity contribution in [1.82, 2.24) is 10.2 Å². The second-order valence-electron chi connectivity index (χ2n) is 10.0. The van der Waals surface area contributed by atoms with Crippen molar-refractivity contribution in [1.29, 1.82) is 0 Å². The molecule has 0 aliphatic heterocycles. The lowest BCUT2D eigenvalue weighted by Gasteiger charge is -2.33. The fourth-order valence-electron chi connectivity index (χ4n) is 4.38. The van der Waals surface area contributed by atoms with Gasteiger partial charge >= 0.3 is 0 Å². The topological polar surface area (TPSA) is 96.0 Å². The summed E-state index contributed by atoms with van der Waals surface area (Å²) in [7, 11) is -4.15. The SMILES string of the molecule is CCOc1ccc(S(=O)(=O)N(CC(=O)N(Cc2ccccc2)[C@H](CC)C(=O)N[C@@H](C)CC)c2ccc(C)cc2)cc1. The zero-order valence-electron chi connectivity index (χ0n) is 24.5. The minimum atomic E-state index is -4.15. The minimum Gasteiger partial charge on any atom is -0.494 e. The molecule has 0 bridgehead atoms. The molecule has 0 spiro atoms. The van der Waals surface area contributed by atoms with E-state index in [1.807, 2.05) is 65.0 Å². The van der Waals surface area contributed by atoms with Gasteiger partial charge in [-0.05, 0) is 75.6 Å². The smallest absolute Gasteiger partial charge is 0.264 e. The molecule has 8 nitrogen and oxygen atoms in total. The minimum absolute atomic E-state index is 0.0329. The van der Waals surface area contributed by atoms with Crippen molar-refractivity contribution in [2.75, 3.05) is 17.5 Å². The number of nitrogens with one attached hydrogen (secondary N) is 1. The van der Waals surface area contributed by atoms with Crippen LogP contribution in [0.15, 0.2) is 83.8 Å². The maximum absolute atomic E-state index is 14.1. The van der Waals surface area contributed by atoms with E-state index in [1.54, 1.807) is 36.4 Å². The number of amides is 2. The van der Waals surface area contributed by atoms with Gasteiger partial charge in [-0.25, -0.2) is 8.42 Å². The maximum Gasteiger partial charge on any atom is 0.264 e. The molecule has 9 heteroatoms. The molecule has 2 amide bonds. The quantitative estimate of drug-likeness (QED) is 0.279. The first-order chi connectivity index (χ1) is 19.6. The summed E-state index contributed by atoms with van der Waals surface area (Å²) in [5, 5.41) is 2.99. The number of aryl methyl sites for hydroxylation is 1. The molecule has 3 aromatic carbocycles. The monoisotopic (exact) mass is 579 g/mol. The Morgan fingerprint density at radius 2 is 1.51 bits per heavy atom. The molecule has 0 unspecified atom stereocenters. The lowest BCUT2D eigenvalue weighted by Crippen LogP contribution is -2.53. The van der Waals surface area contributed by atoms with Gasteiger partial charge < -0.3 is 15.0 Å². The van der Waals surface area contributed by atoms with Crippen molar-refractivity contribution in [2.45, 2.75) is 71.0 Å². The van der Waals surface area contributed by atoms with E-state index in [9.17, 15) is 18.0 Å². The summed E-state index contributed by atoms with van der Waals surface area (Å²) < 4.78 is 34.6. The highest BCUT2D eigenvalue weighted by Crippen LogP contribution is 2.26. The molecule has 0 aliphatic carbocycles. The highest BCUT2D eigenvalue weighted by molar-refractivity contribution is 7.92. The van der Waals surface area contributed by atoms with E-state index in [-0.39, 0.29) is 23.4 Å². The Balaban J connectivity index is 2.03. The van der Waals surface area contributed by atoms with E-state index < -0.39 is 28.5 Å². The van der Waals surface area contributed by atoms with Gasteiger partial charge in [0.15, 0.2) is 0 Å². The van der Waals surface area contributed by atoms with Gasteiger partial charge in [0.05, 0.1) is 17.2 Å². The molecule has 0 fully saturated rings. The van der Waals surface area contributed by atoms with Crippen LogP contribution in [-0.4, -0.2) is 50.4 Å². The van der Waals surface area contributed by atoms with Crippen LogP contribution in [-0.2, 0) is 26.2 Å². The Kier molecular flexibility index (Phi) is 11.3. The van der Waals surface area contributed by atoms with Gasteiger partial charge in [-0.2, -0.15) is 0 Å². The fraction of sp³-hybridized carbons (Fsp3) is 0.375. The third-order valence-electron chi connectivity index (χ3n) is 6.91. The number of anilines is 1. The van der Waals surface area contributed by atoms with E-state index in [2.05, 4.69) is 5.32 Å². The van der Waals surface area contributed by atoms with Gasteiger partial charge in [-0.15, -0.1) is 0 Å². The predicted molar refractivity (Wildman–Crippen MR) is 162 cm³/mol. The van der Waals surface area contributed by atoms with Gasteiger partial charge in [0, 0.05) is 12.6 Å². The van der Waals surface area contributed by atoms with Crippen LogP contribution in [0.3, 0.4) is 0 Å². The molecule has 3 aromatic rings. The van der Waals surface area contributed by atoms with Gasteiger partial charge in [0.2, 0.25) is 11.8 Å². The molecule has 0 radical (unpaired) electrons. The second-order valence-corrected chi connectivity index (χ2v) is 11.9. The van der Waals surface area contributed by atoms with Crippen LogP contribution in [0, 0.1) is 6.92 Å². The summed E-state index contributed by atoms with van der Waals surface area (Å²) in [6.07, 6.45) is 1.12. The maximum atomic E-state index is 14.1. The molecule has 41 heavy (non-hydrogen) atoms. The van der Waals surface area contributed by atoms with Crippen molar-refractivity contribution in [3.8, 4) is 5.75 Å². The number of rotatable bonds is 14. The molecule has 0 aliphatic rings. The molecule has 3 rings (SSSR count). The van der Waals surface area contributed by atoms with E-state index >= 15 is 0 Å². The molecule has 0 saturated carbocycles. The summed E-state index contributed by atoms with van der Waals surface area (Å²) in [4.78, 5) is 28.9. The third-order valence-corrected chi connectivity index (χ3v) is 8.69. The lowest BCUT2D eigenvalue weighted by molar-refractivity contribution is -0.140. The Morgan fingerprint density at radius 1 is 0.878 bits per heavy atom. The van der Waals surface area contributed by atoms with Gasteiger partial charge in [0.1, 0.15) is 18.3 Å². The first-order valence-corrected chi connectivity index (χ1v) is 15.5. The number of sulfonamides is 1. The number of hydrogen-bond acceptors (Lipinski definition) is 5. The molecular weight excluding hydrogens is 538 g/mol. The summed E-state index contributed by atoms with van der Waals surface area (Å²) in [6.45, 7) is 9.64. The van der Waals surface area contributed by atoms with Crippen molar-refractivity contribution >= 4 is 27.5 Å². The van der Waals surface area contributed by atoms with Crippen LogP contribution in [0.25, 0.3) is 0 Å². The molecule has 0 aromatic heterocycles. The largest absolute Gasteiger partial charge is 0.494 e. The van der Waals surface area contributed by atoms with Gasteiger partial charge in [-0.1, -0.05) is 61.9 Å². The van der Waals surface area contributed by atoms with Crippen molar-refractivity contribution in [3.63, 3.8) is 0 Å². The predicted octanol–water partition coefficient (Wildman–Crippen LogP) is 5.31. The number of benzene rings is 3. The molecule has 2 atom stereocenters. The van der Waals surface area contributed by atoms with E-state index in [1.165, 1.54) is 17.0 Å². The molecular formula is C32H41N3O5S. The third kappa shape index (κ3) is 8.33. The van der Waals surface area contributed by atoms with Gasteiger partial charge in [-0.3, -0.25) is 13.9 Å². The summed E-state index contributed by atoms with van der Waals surface area (Å²) in [6, 6.07) is 21.7. The van der Waals surface area contributed by atoms with Crippen LogP contribution in [0.4, 0.5) is 5.69 Å². The first kappa shape index (κ1) is 31.7. The van der Waals surface area contributed by atoms with Crippen molar-refractivity contribution in [2.24, 2.45) is 0 Å². The fourth-order valence-corrected chi connectivity index (χ4v) is 5.80. The summed E-state index contributed by atoms with van der Waals surface area (Å²) in [5.41, 5.74) is 2.15. The Bertz CT molecular complexity index is 1380.